The molecule has 4 fully saturated rings. The highest BCUT2D eigenvalue weighted by Crippen LogP contribution is 2.68. The van der Waals surface area contributed by atoms with E-state index >= 15 is 0 Å². The fourth-order valence-corrected chi connectivity index (χ4v) is 11.5. The van der Waals surface area contributed by atoms with Crippen LogP contribution in [0.5, 0.6) is 23.0 Å². The van der Waals surface area contributed by atoms with E-state index in [-0.39, 0.29) is 65.6 Å². The van der Waals surface area contributed by atoms with Gasteiger partial charge in [0.05, 0.1) is 30.3 Å². The average Bonchev–Trinajstić information content (AvgIpc) is 3.53. The number of primary amides is 2. The number of rotatable bonds is 13. The van der Waals surface area contributed by atoms with Crippen LogP contribution in [0.25, 0.3) is 0 Å². The number of aromatic hydroxyl groups is 4. The molecule has 0 aliphatic heterocycles. The number of esters is 2. The van der Waals surface area contributed by atoms with E-state index in [1.54, 1.807) is 0 Å². The van der Waals surface area contributed by atoms with Crippen molar-refractivity contribution in [2.75, 3.05) is 10.6 Å². The summed E-state index contributed by atoms with van der Waals surface area (Å²) in [5.74, 6) is -6.42. The lowest BCUT2D eigenvalue weighted by atomic mass is 9.44. The lowest BCUT2D eigenvalue weighted by molar-refractivity contribution is -0.199. The summed E-state index contributed by atoms with van der Waals surface area (Å²) in [6.45, 7) is 6.38. The van der Waals surface area contributed by atoms with Crippen molar-refractivity contribution < 1.29 is 63.8 Å². The maximum Gasteiger partial charge on any atom is 0.306 e. The normalized spacial score (nSPS) is 29.8. The van der Waals surface area contributed by atoms with Crippen molar-refractivity contribution in [1.82, 2.24) is 0 Å². The quantitative estimate of drug-likeness (QED) is 0.0773. The van der Waals surface area contributed by atoms with Gasteiger partial charge < -0.3 is 57.1 Å². The summed E-state index contributed by atoms with van der Waals surface area (Å²) in [5.41, 5.74) is 8.68. The third-order valence-electron chi connectivity index (χ3n) is 14.3. The van der Waals surface area contributed by atoms with Crippen LogP contribution in [-0.4, -0.2) is 79.4 Å². The van der Waals surface area contributed by atoms with E-state index in [0.29, 0.717) is 37.5 Å². The van der Waals surface area contributed by atoms with Gasteiger partial charge in [-0.1, -0.05) is 13.8 Å². The molecule has 0 spiro atoms. The highest BCUT2D eigenvalue weighted by atomic mass is 16.6. The predicted octanol–water partition coefficient (Wildman–Crippen LogP) is 4.32. The van der Waals surface area contributed by atoms with Crippen molar-refractivity contribution in [3.63, 3.8) is 0 Å². The number of aliphatic hydroxyl groups is 1. The Morgan fingerprint density at radius 2 is 1.18 bits per heavy atom. The molecule has 17 heteroatoms. The van der Waals surface area contributed by atoms with Gasteiger partial charge in [0, 0.05) is 18.8 Å². The number of benzene rings is 2. The summed E-state index contributed by atoms with van der Waals surface area (Å²) in [6, 6.07) is 4.58. The Morgan fingerprint density at radius 1 is 0.683 bits per heavy atom. The van der Waals surface area contributed by atoms with Crippen molar-refractivity contribution in [3.05, 3.63) is 35.4 Å². The second kappa shape index (κ2) is 17.2. The molecular formula is C43H56N4O13. The molecule has 4 aliphatic rings. The first-order chi connectivity index (χ1) is 28.2. The van der Waals surface area contributed by atoms with Crippen LogP contribution >= 0.6 is 0 Å². The Bertz CT molecular complexity index is 2060. The van der Waals surface area contributed by atoms with Gasteiger partial charge in [0.15, 0.2) is 11.5 Å². The Morgan fingerprint density at radius 3 is 1.70 bits per heavy atom. The monoisotopic (exact) mass is 836 g/mol. The van der Waals surface area contributed by atoms with E-state index in [9.17, 15) is 54.3 Å². The SMILES string of the molecule is C[C@@H](O)C1CCC2C3C[C@H](OC(=O)CCC(=O)Nc4ccc(O)c(C(N)=O)c4O)[C@H]4C[C@@H](OC(=O)CCC(=O)Nc5ccc(O)c(C(N)=O)c5O)CC[C@]4(C)C3CC[C@@]21C. The van der Waals surface area contributed by atoms with E-state index < -0.39 is 88.0 Å². The number of nitrogens with two attached hydrogens (primary N) is 2. The number of carbonyl (C=O) groups excluding carboxylic acids is 6. The first-order valence-electron chi connectivity index (χ1n) is 20.6. The smallest absolute Gasteiger partial charge is 0.306 e. The number of hydrogen-bond donors (Lipinski definition) is 9. The molecule has 4 unspecified atom stereocenters. The number of anilines is 2. The minimum Gasteiger partial charge on any atom is -0.507 e. The molecule has 326 valence electrons. The summed E-state index contributed by atoms with van der Waals surface area (Å²) in [5, 5.41) is 56.1. The van der Waals surface area contributed by atoms with E-state index in [2.05, 4.69) is 24.5 Å². The zero-order chi connectivity index (χ0) is 43.8. The minimum atomic E-state index is -1.10. The first kappa shape index (κ1) is 44.0. The molecule has 4 amide bonds. The van der Waals surface area contributed by atoms with Gasteiger partial charge >= 0.3 is 11.9 Å². The topological polar surface area (TPSA) is 298 Å². The number of ether oxygens (including phenoxy) is 2. The molecule has 0 saturated heterocycles. The van der Waals surface area contributed by atoms with Crippen LogP contribution in [0, 0.1) is 40.4 Å². The van der Waals surface area contributed by atoms with Crippen LogP contribution in [0.4, 0.5) is 11.4 Å². The second-order valence-corrected chi connectivity index (χ2v) is 17.6. The summed E-state index contributed by atoms with van der Waals surface area (Å²) in [7, 11) is 0. The van der Waals surface area contributed by atoms with E-state index in [1.165, 1.54) is 12.1 Å². The largest absolute Gasteiger partial charge is 0.507 e. The Balaban J connectivity index is 1.13. The minimum absolute atomic E-state index is 0.0659. The molecule has 0 heterocycles. The van der Waals surface area contributed by atoms with Gasteiger partial charge in [-0.25, -0.2) is 0 Å². The molecule has 60 heavy (non-hydrogen) atoms. The van der Waals surface area contributed by atoms with Crippen LogP contribution in [0.1, 0.15) is 119 Å². The maximum absolute atomic E-state index is 13.6. The molecule has 2 aromatic carbocycles. The van der Waals surface area contributed by atoms with E-state index in [1.807, 2.05) is 6.92 Å². The standard InChI is InChI=1S/C43H56N4O13/c1-20(48)23-4-5-24-22-19-31(60-35(54)13-11-33(52)47-28-7-9-30(50)37(39(28)56)41(45)58)26-18-21(14-16-43(26,3)25(22)15-17-42(23,24)2)59-34(53)12-10-32(51)46-27-6-8-29(49)36(38(27)55)40(44)57/h6-9,20-26,31,48-50,55-56H,4-5,10-19H2,1-3H3,(H2,44,57)(H2,45,58)(H,46,51)(H,47,52)/t20-,21+,22?,23?,24?,25?,26-,31+,42-,43-/m1/s1. The zero-order valence-corrected chi connectivity index (χ0v) is 34.1. The van der Waals surface area contributed by atoms with E-state index in [0.717, 1.165) is 37.8 Å². The molecule has 17 nitrogen and oxygen atoms in total. The lowest BCUT2D eigenvalue weighted by Crippen LogP contribution is -2.59. The van der Waals surface area contributed by atoms with Crippen LogP contribution in [0.2, 0.25) is 0 Å². The van der Waals surface area contributed by atoms with Crippen molar-refractivity contribution in [2.45, 2.75) is 116 Å². The highest BCUT2D eigenvalue weighted by molar-refractivity contribution is 6.03. The van der Waals surface area contributed by atoms with Crippen LogP contribution in [0.3, 0.4) is 0 Å². The second-order valence-electron chi connectivity index (χ2n) is 17.6. The van der Waals surface area contributed by atoms with Gasteiger partial charge in [-0.3, -0.25) is 28.8 Å². The van der Waals surface area contributed by atoms with Crippen LogP contribution < -0.4 is 22.1 Å². The van der Waals surface area contributed by atoms with Gasteiger partial charge in [0.25, 0.3) is 11.8 Å². The fraction of sp³-hybridized carbons (Fsp3) is 0.581. The average molecular weight is 837 g/mol. The molecule has 10 atom stereocenters. The number of carbonyl (C=O) groups is 6. The summed E-state index contributed by atoms with van der Waals surface area (Å²) >= 11 is 0. The third kappa shape index (κ3) is 8.54. The summed E-state index contributed by atoms with van der Waals surface area (Å²) in [4.78, 5) is 75.6. The molecule has 2 aromatic rings. The van der Waals surface area contributed by atoms with Gasteiger partial charge in [-0.2, -0.15) is 0 Å². The molecule has 6 rings (SSSR count). The zero-order valence-electron chi connectivity index (χ0n) is 34.1. The molecule has 4 saturated carbocycles. The number of phenols is 4. The Kier molecular flexibility index (Phi) is 12.6. The number of fused-ring (bicyclic) bond motifs is 5. The molecular weight excluding hydrogens is 780 g/mol. The molecule has 0 radical (unpaired) electrons. The van der Waals surface area contributed by atoms with Crippen molar-refractivity contribution in [1.29, 1.82) is 0 Å². The fourth-order valence-electron chi connectivity index (χ4n) is 11.5. The predicted molar refractivity (Wildman–Crippen MR) is 214 cm³/mol. The van der Waals surface area contributed by atoms with Crippen LogP contribution in [0.15, 0.2) is 24.3 Å². The summed E-state index contributed by atoms with van der Waals surface area (Å²) < 4.78 is 12.2. The molecule has 4 aliphatic carbocycles. The Labute approximate surface area is 347 Å². The van der Waals surface area contributed by atoms with Crippen molar-refractivity contribution in [3.8, 4) is 23.0 Å². The van der Waals surface area contributed by atoms with Gasteiger partial charge in [-0.15, -0.1) is 0 Å². The van der Waals surface area contributed by atoms with E-state index in [4.69, 9.17) is 20.9 Å². The van der Waals surface area contributed by atoms with Crippen molar-refractivity contribution >= 4 is 46.9 Å². The molecule has 0 bridgehead atoms. The number of amides is 4. The van der Waals surface area contributed by atoms with Gasteiger partial charge in [0.2, 0.25) is 11.8 Å². The third-order valence-corrected chi connectivity index (χ3v) is 14.3. The maximum atomic E-state index is 13.6. The first-order valence-corrected chi connectivity index (χ1v) is 20.6. The number of nitrogens with one attached hydrogen (secondary N) is 2. The highest BCUT2D eigenvalue weighted by Gasteiger charge is 2.63. The van der Waals surface area contributed by atoms with Crippen LogP contribution in [-0.2, 0) is 28.7 Å². The molecule has 0 aromatic heterocycles. The Hall–Kier alpha value is -5.58. The lowest BCUT2D eigenvalue weighted by Gasteiger charge is -2.62. The number of aliphatic hydroxyl groups excluding tert-OH is 1. The molecule has 11 N–H and O–H groups in total. The van der Waals surface area contributed by atoms with Crippen molar-refractivity contribution in [2.24, 2.45) is 51.9 Å². The summed E-state index contributed by atoms with van der Waals surface area (Å²) in [6.07, 6.45) is 3.33. The van der Waals surface area contributed by atoms with Gasteiger partial charge in [-0.05, 0) is 117 Å². The van der Waals surface area contributed by atoms with Gasteiger partial charge in [0.1, 0.15) is 34.8 Å². The number of hydrogen-bond acceptors (Lipinski definition) is 13.